The maximum atomic E-state index is 12.2. The second-order valence-corrected chi connectivity index (χ2v) is 9.59. The van der Waals surface area contributed by atoms with Gasteiger partial charge in [0.15, 0.2) is 0 Å². The van der Waals surface area contributed by atoms with Crippen LogP contribution in [0.15, 0.2) is 115 Å². The summed E-state index contributed by atoms with van der Waals surface area (Å²) in [6.45, 7) is 6.32. The summed E-state index contributed by atoms with van der Waals surface area (Å²) >= 11 is 0. The Labute approximate surface area is 214 Å². The standard InChI is InChI=1S/C33H34O3/c1-4-32(2,3)31(34)36-25-24-35-30-22-20-29(21-23-30)33(26-14-8-5-9-15-26,27-16-10-6-11-17-27)28-18-12-7-13-19-28/h5-23H,4,24-25H2,1-3H3. The lowest BCUT2D eigenvalue weighted by Crippen LogP contribution is -2.30. The number of hydrogen-bond donors (Lipinski definition) is 0. The van der Waals surface area contributed by atoms with Gasteiger partial charge < -0.3 is 9.47 Å². The van der Waals surface area contributed by atoms with E-state index in [0.717, 1.165) is 17.7 Å². The van der Waals surface area contributed by atoms with Crippen LogP contribution in [0, 0.1) is 5.41 Å². The molecule has 0 aliphatic carbocycles. The number of hydrogen-bond acceptors (Lipinski definition) is 3. The molecule has 0 saturated carbocycles. The molecular formula is C33H34O3. The zero-order valence-corrected chi connectivity index (χ0v) is 21.3. The first kappa shape index (κ1) is 25.2. The Bertz CT molecular complexity index is 1130. The second-order valence-electron chi connectivity index (χ2n) is 9.59. The highest BCUT2D eigenvalue weighted by Crippen LogP contribution is 2.45. The molecule has 0 amide bonds. The molecule has 0 unspecified atom stereocenters. The first-order chi connectivity index (χ1) is 17.5. The minimum absolute atomic E-state index is 0.192. The van der Waals surface area contributed by atoms with Crippen molar-refractivity contribution in [1.29, 1.82) is 0 Å². The van der Waals surface area contributed by atoms with E-state index in [4.69, 9.17) is 9.47 Å². The van der Waals surface area contributed by atoms with Crippen LogP contribution in [0.5, 0.6) is 5.75 Å². The minimum atomic E-state index is -0.483. The van der Waals surface area contributed by atoms with Crippen molar-refractivity contribution in [3.63, 3.8) is 0 Å². The molecule has 3 nitrogen and oxygen atoms in total. The van der Waals surface area contributed by atoms with E-state index in [0.29, 0.717) is 6.61 Å². The molecule has 0 bridgehead atoms. The van der Waals surface area contributed by atoms with Gasteiger partial charge in [-0.2, -0.15) is 0 Å². The Hall–Kier alpha value is -3.85. The van der Waals surface area contributed by atoms with Crippen LogP contribution >= 0.6 is 0 Å². The lowest BCUT2D eigenvalue weighted by atomic mass is 9.65. The van der Waals surface area contributed by atoms with E-state index in [-0.39, 0.29) is 12.6 Å². The van der Waals surface area contributed by atoms with Crippen LogP contribution in [0.1, 0.15) is 49.4 Å². The van der Waals surface area contributed by atoms with Crippen molar-refractivity contribution in [2.24, 2.45) is 5.41 Å². The molecule has 0 N–H and O–H groups in total. The largest absolute Gasteiger partial charge is 0.490 e. The van der Waals surface area contributed by atoms with E-state index in [1.54, 1.807) is 0 Å². The van der Waals surface area contributed by atoms with E-state index in [1.807, 2.05) is 32.9 Å². The third-order valence-electron chi connectivity index (χ3n) is 6.93. The third-order valence-corrected chi connectivity index (χ3v) is 6.93. The summed E-state index contributed by atoms with van der Waals surface area (Å²) in [5.74, 6) is 0.551. The van der Waals surface area contributed by atoms with E-state index in [2.05, 4.69) is 103 Å². The summed E-state index contributed by atoms with van der Waals surface area (Å²) in [6.07, 6.45) is 0.736. The highest BCUT2D eigenvalue weighted by Gasteiger charge is 2.38. The Kier molecular flexibility index (Phi) is 7.90. The van der Waals surface area contributed by atoms with Gasteiger partial charge in [-0.1, -0.05) is 110 Å². The molecular weight excluding hydrogens is 444 g/mol. The van der Waals surface area contributed by atoms with Crippen molar-refractivity contribution in [2.75, 3.05) is 13.2 Å². The van der Waals surface area contributed by atoms with Crippen molar-refractivity contribution in [1.82, 2.24) is 0 Å². The Morgan fingerprint density at radius 2 is 1.03 bits per heavy atom. The van der Waals surface area contributed by atoms with Crippen molar-refractivity contribution in [3.05, 3.63) is 138 Å². The predicted octanol–water partition coefficient (Wildman–Crippen LogP) is 7.43. The van der Waals surface area contributed by atoms with Crippen LogP contribution in [-0.2, 0) is 14.9 Å². The van der Waals surface area contributed by atoms with Gasteiger partial charge in [0.2, 0.25) is 0 Å². The molecule has 0 radical (unpaired) electrons. The molecule has 184 valence electrons. The molecule has 4 rings (SSSR count). The fraction of sp³-hybridized carbons (Fsp3) is 0.242. The maximum absolute atomic E-state index is 12.2. The highest BCUT2D eigenvalue weighted by molar-refractivity contribution is 5.75. The van der Waals surface area contributed by atoms with Crippen LogP contribution in [0.2, 0.25) is 0 Å². The van der Waals surface area contributed by atoms with E-state index >= 15 is 0 Å². The minimum Gasteiger partial charge on any atom is -0.490 e. The molecule has 0 heterocycles. The molecule has 0 spiro atoms. The monoisotopic (exact) mass is 478 g/mol. The molecule has 0 aromatic heterocycles. The SMILES string of the molecule is CCC(C)(C)C(=O)OCCOc1ccc(C(c2ccccc2)(c2ccccc2)c2ccccc2)cc1. The number of rotatable bonds is 10. The van der Waals surface area contributed by atoms with Crippen molar-refractivity contribution in [3.8, 4) is 5.75 Å². The summed E-state index contributed by atoms with van der Waals surface area (Å²) in [4.78, 5) is 12.2. The highest BCUT2D eigenvalue weighted by atomic mass is 16.6. The van der Waals surface area contributed by atoms with Gasteiger partial charge in [-0.15, -0.1) is 0 Å². The number of ether oxygens (including phenoxy) is 2. The number of benzene rings is 4. The van der Waals surface area contributed by atoms with Crippen molar-refractivity contribution in [2.45, 2.75) is 32.6 Å². The van der Waals surface area contributed by atoms with Gasteiger partial charge in [0.25, 0.3) is 0 Å². The van der Waals surface area contributed by atoms with Gasteiger partial charge in [-0.05, 0) is 54.7 Å². The van der Waals surface area contributed by atoms with Gasteiger partial charge in [0.1, 0.15) is 19.0 Å². The Morgan fingerprint density at radius 1 is 0.611 bits per heavy atom. The van der Waals surface area contributed by atoms with Gasteiger partial charge in [-0.3, -0.25) is 4.79 Å². The Morgan fingerprint density at radius 3 is 1.44 bits per heavy atom. The van der Waals surface area contributed by atoms with Gasteiger partial charge in [0.05, 0.1) is 10.8 Å². The Balaban J connectivity index is 1.65. The van der Waals surface area contributed by atoms with Crippen molar-refractivity contribution >= 4 is 5.97 Å². The molecule has 0 aliphatic heterocycles. The van der Waals surface area contributed by atoms with Crippen LogP contribution in [-0.4, -0.2) is 19.2 Å². The van der Waals surface area contributed by atoms with Crippen LogP contribution in [0.25, 0.3) is 0 Å². The van der Waals surface area contributed by atoms with Gasteiger partial charge in [0, 0.05) is 0 Å². The van der Waals surface area contributed by atoms with E-state index < -0.39 is 10.8 Å². The van der Waals surface area contributed by atoms with Gasteiger partial charge in [-0.25, -0.2) is 0 Å². The maximum Gasteiger partial charge on any atom is 0.311 e. The third kappa shape index (κ3) is 5.21. The smallest absolute Gasteiger partial charge is 0.311 e. The number of carbonyl (C=O) groups excluding carboxylic acids is 1. The second kappa shape index (κ2) is 11.3. The zero-order chi connectivity index (χ0) is 25.4. The molecule has 4 aromatic carbocycles. The van der Waals surface area contributed by atoms with Crippen LogP contribution in [0.3, 0.4) is 0 Å². The number of esters is 1. The summed E-state index contributed by atoms with van der Waals surface area (Å²) in [5, 5.41) is 0. The topological polar surface area (TPSA) is 35.5 Å². The van der Waals surface area contributed by atoms with Crippen molar-refractivity contribution < 1.29 is 14.3 Å². The molecule has 36 heavy (non-hydrogen) atoms. The molecule has 0 saturated heterocycles. The first-order valence-corrected chi connectivity index (χ1v) is 12.6. The van der Waals surface area contributed by atoms with E-state index in [1.165, 1.54) is 16.7 Å². The zero-order valence-electron chi connectivity index (χ0n) is 21.3. The van der Waals surface area contributed by atoms with Gasteiger partial charge >= 0.3 is 5.97 Å². The van der Waals surface area contributed by atoms with Crippen LogP contribution < -0.4 is 4.74 Å². The fourth-order valence-electron chi connectivity index (χ4n) is 4.50. The number of carbonyl (C=O) groups is 1. The first-order valence-electron chi connectivity index (χ1n) is 12.6. The molecule has 3 heteroatoms. The quantitative estimate of drug-likeness (QED) is 0.135. The summed E-state index contributed by atoms with van der Waals surface area (Å²) in [6, 6.07) is 40.1. The average Bonchev–Trinajstić information content (AvgIpc) is 2.94. The fourth-order valence-corrected chi connectivity index (χ4v) is 4.50. The normalized spacial score (nSPS) is 11.6. The average molecular weight is 479 g/mol. The molecule has 0 atom stereocenters. The summed E-state index contributed by atoms with van der Waals surface area (Å²) in [5.41, 5.74) is 3.78. The summed E-state index contributed by atoms with van der Waals surface area (Å²) in [7, 11) is 0. The molecule has 0 aliphatic rings. The lowest BCUT2D eigenvalue weighted by molar-refractivity contribution is -0.154. The van der Waals surface area contributed by atoms with E-state index in [9.17, 15) is 4.79 Å². The molecule has 0 fully saturated rings. The summed E-state index contributed by atoms with van der Waals surface area (Å²) < 4.78 is 11.3. The van der Waals surface area contributed by atoms with Crippen LogP contribution in [0.4, 0.5) is 0 Å². The lowest BCUT2D eigenvalue weighted by Gasteiger charge is -2.36. The molecule has 4 aromatic rings. The predicted molar refractivity (Wildman–Crippen MR) is 145 cm³/mol.